The van der Waals surface area contributed by atoms with Gasteiger partial charge in [0.05, 0.1) is 17.4 Å². The highest BCUT2D eigenvalue weighted by molar-refractivity contribution is 6.30. The smallest absolute Gasteiger partial charge is 0.309 e. The molecule has 10 heteroatoms. The predicted molar refractivity (Wildman–Crippen MR) is 208 cm³/mol. The number of Topliss-reactive ketones (excluding diaryl/α,β-unsaturated/α-hetero) is 1. The largest absolute Gasteiger partial charge is 0.481 e. The summed E-state index contributed by atoms with van der Waals surface area (Å²) in [5.74, 6) is -0.374. The van der Waals surface area contributed by atoms with E-state index in [-0.39, 0.29) is 65.1 Å². The van der Waals surface area contributed by atoms with E-state index in [0.717, 1.165) is 56.1 Å². The van der Waals surface area contributed by atoms with Crippen molar-refractivity contribution in [1.82, 2.24) is 10.6 Å². The molecule has 5 aliphatic carbocycles. The second-order valence-electron chi connectivity index (χ2n) is 19.5. The molecule has 296 valence electrons. The molecule has 1 aromatic rings. The maximum Gasteiger partial charge on any atom is 0.309 e. The van der Waals surface area contributed by atoms with Gasteiger partial charge < -0.3 is 20.5 Å². The molecule has 9 unspecified atom stereocenters. The molecular formula is C44H61ClN2O7. The summed E-state index contributed by atoms with van der Waals surface area (Å²) in [5.41, 5.74) is -0.619. The van der Waals surface area contributed by atoms with Crippen LogP contribution in [0, 0.1) is 51.8 Å². The van der Waals surface area contributed by atoms with Gasteiger partial charge in [-0.2, -0.15) is 0 Å². The van der Waals surface area contributed by atoms with Crippen LogP contribution in [0.4, 0.5) is 0 Å². The molecule has 6 rings (SSSR count). The van der Waals surface area contributed by atoms with Crippen molar-refractivity contribution in [2.24, 2.45) is 51.8 Å². The number of ketones is 1. The Labute approximate surface area is 326 Å². The Morgan fingerprint density at radius 3 is 2.17 bits per heavy atom. The number of carbonyl (C=O) groups excluding carboxylic acids is 4. The zero-order chi connectivity index (χ0) is 39.8. The van der Waals surface area contributed by atoms with Crippen LogP contribution in [-0.2, 0) is 23.9 Å². The molecule has 1 aromatic carbocycles. The van der Waals surface area contributed by atoms with Crippen LogP contribution >= 0.6 is 11.6 Å². The predicted octanol–water partition coefficient (Wildman–Crippen LogP) is 8.33. The number of hydrogen-bond acceptors (Lipinski definition) is 6. The van der Waals surface area contributed by atoms with Crippen molar-refractivity contribution in [3.05, 3.63) is 46.0 Å². The van der Waals surface area contributed by atoms with Crippen molar-refractivity contribution in [2.75, 3.05) is 0 Å². The van der Waals surface area contributed by atoms with Crippen LogP contribution in [0.2, 0.25) is 5.02 Å². The molecule has 0 aliphatic heterocycles. The lowest BCUT2D eigenvalue weighted by molar-refractivity contribution is -0.191. The van der Waals surface area contributed by atoms with E-state index >= 15 is 0 Å². The van der Waals surface area contributed by atoms with E-state index in [2.05, 4.69) is 45.3 Å². The van der Waals surface area contributed by atoms with Gasteiger partial charge in [-0.3, -0.25) is 24.0 Å². The number of hydrogen-bond donors (Lipinski definition) is 3. The van der Waals surface area contributed by atoms with Crippen molar-refractivity contribution >= 4 is 41.1 Å². The molecule has 9 nitrogen and oxygen atoms in total. The average molecular weight is 765 g/mol. The van der Waals surface area contributed by atoms with Gasteiger partial charge in [-0.15, -0.1) is 0 Å². The number of ether oxygens (including phenoxy) is 1. The fourth-order valence-electron chi connectivity index (χ4n) is 12.2. The number of rotatable bonds is 9. The minimum atomic E-state index is -1.23. The first-order chi connectivity index (χ1) is 25.1. The molecule has 0 heterocycles. The number of allylic oxidation sites excluding steroid dienone is 1. The number of fused-ring (bicyclic) bond motifs is 7. The van der Waals surface area contributed by atoms with E-state index in [1.165, 1.54) is 0 Å². The lowest BCUT2D eigenvalue weighted by Gasteiger charge is -2.67. The molecule has 0 radical (unpaired) electrons. The Morgan fingerprint density at radius 2 is 1.54 bits per heavy atom. The van der Waals surface area contributed by atoms with E-state index in [9.17, 15) is 29.1 Å². The van der Waals surface area contributed by atoms with Gasteiger partial charge in [0, 0.05) is 17.0 Å². The zero-order valence-corrected chi connectivity index (χ0v) is 34.5. The van der Waals surface area contributed by atoms with Crippen molar-refractivity contribution in [1.29, 1.82) is 0 Å². The Hall–Kier alpha value is -3.20. The minimum Gasteiger partial charge on any atom is -0.481 e. The average Bonchev–Trinajstić information content (AvgIpc) is 3.37. The summed E-state index contributed by atoms with van der Waals surface area (Å²) in [6.07, 6.45) is 7.28. The lowest BCUT2D eigenvalue weighted by atomic mass is 9.38. The van der Waals surface area contributed by atoms with E-state index in [1.54, 1.807) is 52.0 Å². The van der Waals surface area contributed by atoms with Crippen LogP contribution in [-0.4, -0.2) is 51.8 Å². The van der Waals surface area contributed by atoms with Crippen molar-refractivity contribution in [2.45, 2.75) is 144 Å². The number of nitrogens with one attached hydrogen (secondary N) is 2. The number of halogens is 1. The molecule has 3 N–H and O–H groups in total. The maximum absolute atomic E-state index is 14.2. The van der Waals surface area contributed by atoms with Crippen LogP contribution < -0.4 is 10.6 Å². The molecule has 0 spiro atoms. The highest BCUT2D eigenvalue weighted by Crippen LogP contribution is 2.70. The Morgan fingerprint density at radius 1 is 0.926 bits per heavy atom. The van der Waals surface area contributed by atoms with Crippen molar-refractivity contribution < 1.29 is 33.8 Å². The maximum atomic E-state index is 14.2. The molecule has 0 aromatic heterocycles. The molecule has 54 heavy (non-hydrogen) atoms. The molecular weight excluding hydrogens is 704 g/mol. The summed E-state index contributed by atoms with van der Waals surface area (Å²) >= 11 is 6.03. The number of carbonyl (C=O) groups is 5. The molecule has 4 saturated carbocycles. The number of aliphatic carboxylic acids is 1. The first-order valence-corrected chi connectivity index (χ1v) is 20.6. The minimum absolute atomic E-state index is 0.0290. The van der Waals surface area contributed by atoms with E-state index in [0.29, 0.717) is 34.8 Å². The summed E-state index contributed by atoms with van der Waals surface area (Å²) in [7, 11) is 0. The number of esters is 1. The van der Waals surface area contributed by atoms with Gasteiger partial charge in [-0.1, -0.05) is 46.2 Å². The van der Waals surface area contributed by atoms with Gasteiger partial charge in [0.15, 0.2) is 5.78 Å². The van der Waals surface area contributed by atoms with E-state index in [4.69, 9.17) is 16.3 Å². The first-order valence-electron chi connectivity index (χ1n) is 20.2. The SMILES string of the molecule is CC(C)C1=C2C3CCC4C(C)(CCC5C(C)C(OC(=O)CC(C)(C)C(=O)O)CCC54C)C3CCC2(NC(=O)C(C)(C)NC(=O)c2ccc(Cl)cc2)CC1=O. The second kappa shape index (κ2) is 14.1. The third kappa shape index (κ3) is 6.83. The van der Waals surface area contributed by atoms with Gasteiger partial charge in [0.2, 0.25) is 5.91 Å². The van der Waals surface area contributed by atoms with Gasteiger partial charge in [0.1, 0.15) is 11.6 Å². The van der Waals surface area contributed by atoms with E-state index < -0.39 is 28.4 Å². The Balaban J connectivity index is 1.22. The molecule has 0 bridgehead atoms. The molecule has 2 amide bonds. The van der Waals surface area contributed by atoms with Gasteiger partial charge >= 0.3 is 11.9 Å². The van der Waals surface area contributed by atoms with Crippen LogP contribution in [0.1, 0.15) is 137 Å². The van der Waals surface area contributed by atoms with Crippen LogP contribution in [0.15, 0.2) is 35.4 Å². The summed E-state index contributed by atoms with van der Waals surface area (Å²) < 4.78 is 6.03. The number of carboxylic acids is 1. The first kappa shape index (κ1) is 40.5. The number of benzene rings is 1. The summed E-state index contributed by atoms with van der Waals surface area (Å²) in [6, 6.07) is 6.56. The highest BCUT2D eigenvalue weighted by Gasteiger charge is 2.65. The van der Waals surface area contributed by atoms with Gasteiger partial charge in [0.25, 0.3) is 5.91 Å². The topological polar surface area (TPSA) is 139 Å². The van der Waals surface area contributed by atoms with Crippen molar-refractivity contribution in [3.8, 4) is 0 Å². The van der Waals surface area contributed by atoms with Crippen LogP contribution in [0.3, 0.4) is 0 Å². The fraction of sp³-hybridized carbons (Fsp3) is 0.705. The lowest BCUT2D eigenvalue weighted by Crippen LogP contribution is -2.65. The van der Waals surface area contributed by atoms with Crippen LogP contribution in [0.25, 0.3) is 0 Å². The summed E-state index contributed by atoms with van der Waals surface area (Å²) in [4.78, 5) is 66.0. The van der Waals surface area contributed by atoms with Crippen molar-refractivity contribution in [3.63, 3.8) is 0 Å². The third-order valence-electron chi connectivity index (χ3n) is 15.0. The fourth-order valence-corrected chi connectivity index (χ4v) is 12.4. The molecule has 5 aliphatic rings. The number of amides is 2. The standard InChI is InChI=1S/C44H61ClN2O7/c1-24(2)35-31(48)22-44(47-38(51)41(6,7)46-37(50)26-10-12-27(45)13-11-26)21-17-30-28(36(35)44)14-15-33-42(8)20-18-32(25(3)29(42)16-19-43(30,33)9)54-34(49)23-40(4,5)39(52)53/h10-13,24-25,28-30,32-33H,14-23H2,1-9H3,(H,46,50)(H,47,51)(H,52,53). The summed E-state index contributed by atoms with van der Waals surface area (Å²) in [6.45, 7) is 17.9. The second-order valence-corrected chi connectivity index (χ2v) is 20.0. The molecule has 0 saturated heterocycles. The van der Waals surface area contributed by atoms with Gasteiger partial charge in [-0.25, -0.2) is 0 Å². The van der Waals surface area contributed by atoms with E-state index in [1.807, 2.05) is 0 Å². The number of carboxylic acid groups (broad SMARTS) is 1. The van der Waals surface area contributed by atoms with Crippen LogP contribution in [0.5, 0.6) is 0 Å². The monoisotopic (exact) mass is 764 g/mol. The normalized spacial score (nSPS) is 35.0. The van der Waals surface area contributed by atoms with Gasteiger partial charge in [-0.05, 0) is 161 Å². The Kier molecular flexibility index (Phi) is 10.5. The zero-order valence-electron chi connectivity index (χ0n) is 33.7. The molecule has 9 atom stereocenters. The Bertz CT molecular complexity index is 1750. The molecule has 4 fully saturated rings. The highest BCUT2D eigenvalue weighted by atomic mass is 35.5. The third-order valence-corrected chi connectivity index (χ3v) is 15.3. The summed E-state index contributed by atoms with van der Waals surface area (Å²) in [5, 5.41) is 16.4. The quantitative estimate of drug-likeness (QED) is 0.215.